The molecule has 0 spiro atoms. The smallest absolute Gasteiger partial charge is 0.237 e. The van der Waals surface area contributed by atoms with Crippen LogP contribution in [0.25, 0.3) is 0 Å². The second-order valence-electron chi connectivity index (χ2n) is 7.41. The summed E-state index contributed by atoms with van der Waals surface area (Å²) in [7, 11) is 0. The second-order valence-corrected chi connectivity index (χ2v) is 7.41. The Morgan fingerprint density at radius 2 is 2.16 bits per heavy atom. The first-order valence-electron chi connectivity index (χ1n) is 7.61. The van der Waals surface area contributed by atoms with Crippen LogP contribution in [0.5, 0.6) is 0 Å². The van der Waals surface area contributed by atoms with E-state index in [0.29, 0.717) is 11.5 Å². The van der Waals surface area contributed by atoms with E-state index in [0.717, 1.165) is 26.1 Å². The Morgan fingerprint density at radius 3 is 2.68 bits per heavy atom. The fraction of sp³-hybridized carbons (Fsp3) is 0.933. The van der Waals surface area contributed by atoms with Crippen LogP contribution < -0.4 is 11.1 Å². The summed E-state index contributed by atoms with van der Waals surface area (Å²) in [5, 5.41) is 3.43. The van der Waals surface area contributed by atoms with Crippen molar-refractivity contribution in [3.8, 4) is 0 Å². The molecule has 0 aromatic heterocycles. The van der Waals surface area contributed by atoms with Gasteiger partial charge in [-0.05, 0) is 51.0 Å². The van der Waals surface area contributed by atoms with E-state index in [9.17, 15) is 4.79 Å². The van der Waals surface area contributed by atoms with E-state index in [1.165, 1.54) is 25.7 Å². The van der Waals surface area contributed by atoms with Crippen LogP contribution in [0.3, 0.4) is 0 Å². The lowest BCUT2D eigenvalue weighted by molar-refractivity contribution is -0.124. The first-order chi connectivity index (χ1) is 8.81. The molecule has 3 N–H and O–H groups in total. The number of primary amides is 1. The van der Waals surface area contributed by atoms with E-state index in [2.05, 4.69) is 24.1 Å². The number of hydrogen-bond acceptors (Lipinski definition) is 3. The molecule has 110 valence electrons. The summed E-state index contributed by atoms with van der Waals surface area (Å²) in [6.07, 6.45) is 5.74. The van der Waals surface area contributed by atoms with Crippen LogP contribution in [0.2, 0.25) is 0 Å². The molecule has 2 rings (SSSR count). The van der Waals surface area contributed by atoms with Crippen molar-refractivity contribution in [2.75, 3.05) is 19.6 Å². The molecule has 1 heterocycles. The third kappa shape index (κ3) is 4.18. The Kier molecular flexibility index (Phi) is 4.21. The molecule has 1 unspecified atom stereocenters. The SMILES string of the molecule is CC1(C)CCCN(CCC(C)(NC2CC2)C(N)=O)C1. The van der Waals surface area contributed by atoms with E-state index in [1.54, 1.807) is 0 Å². The molecule has 1 saturated carbocycles. The summed E-state index contributed by atoms with van der Waals surface area (Å²) in [4.78, 5) is 14.2. The summed E-state index contributed by atoms with van der Waals surface area (Å²) in [5.74, 6) is -0.212. The number of hydrogen-bond donors (Lipinski definition) is 2. The van der Waals surface area contributed by atoms with Crippen molar-refractivity contribution >= 4 is 5.91 Å². The molecule has 19 heavy (non-hydrogen) atoms. The van der Waals surface area contributed by atoms with Crippen molar-refractivity contribution < 1.29 is 4.79 Å². The lowest BCUT2D eigenvalue weighted by atomic mass is 9.84. The minimum Gasteiger partial charge on any atom is -0.368 e. The molecular formula is C15H29N3O. The number of rotatable bonds is 6. The van der Waals surface area contributed by atoms with Crippen molar-refractivity contribution in [3.63, 3.8) is 0 Å². The Hall–Kier alpha value is -0.610. The van der Waals surface area contributed by atoms with E-state index >= 15 is 0 Å². The normalized spacial score (nSPS) is 26.9. The minimum absolute atomic E-state index is 0.212. The zero-order chi connectivity index (χ0) is 14.1. The number of nitrogens with two attached hydrogens (primary N) is 1. The summed E-state index contributed by atoms with van der Waals surface area (Å²) in [6, 6.07) is 0.510. The van der Waals surface area contributed by atoms with Gasteiger partial charge in [0.25, 0.3) is 0 Å². The molecule has 0 aromatic carbocycles. The predicted molar refractivity (Wildman–Crippen MR) is 77.8 cm³/mol. The number of nitrogens with one attached hydrogen (secondary N) is 1. The van der Waals surface area contributed by atoms with Gasteiger partial charge in [0.05, 0.1) is 5.54 Å². The van der Waals surface area contributed by atoms with Gasteiger partial charge in [-0.25, -0.2) is 0 Å². The van der Waals surface area contributed by atoms with Crippen molar-refractivity contribution in [1.29, 1.82) is 0 Å². The van der Waals surface area contributed by atoms with Crippen molar-refractivity contribution in [2.45, 2.75) is 64.5 Å². The summed E-state index contributed by atoms with van der Waals surface area (Å²) in [6.45, 7) is 9.86. The van der Waals surface area contributed by atoms with Crippen LogP contribution in [-0.4, -0.2) is 42.0 Å². The molecule has 4 heteroatoms. The number of piperidine rings is 1. The summed E-state index contributed by atoms with van der Waals surface area (Å²) < 4.78 is 0. The van der Waals surface area contributed by atoms with Gasteiger partial charge in [-0.1, -0.05) is 13.8 Å². The Morgan fingerprint density at radius 1 is 1.47 bits per heavy atom. The monoisotopic (exact) mass is 267 g/mol. The van der Waals surface area contributed by atoms with Crippen molar-refractivity contribution in [1.82, 2.24) is 10.2 Å². The topological polar surface area (TPSA) is 58.4 Å². The minimum atomic E-state index is -0.539. The van der Waals surface area contributed by atoms with E-state index in [-0.39, 0.29) is 5.91 Å². The predicted octanol–water partition coefficient (Wildman–Crippen LogP) is 1.49. The third-order valence-electron chi connectivity index (χ3n) is 4.55. The molecule has 1 saturated heterocycles. The van der Waals surface area contributed by atoms with Gasteiger partial charge in [0, 0.05) is 19.1 Å². The highest BCUT2D eigenvalue weighted by Gasteiger charge is 2.37. The van der Waals surface area contributed by atoms with Crippen LogP contribution in [0.1, 0.15) is 52.9 Å². The largest absolute Gasteiger partial charge is 0.368 e. The maximum absolute atomic E-state index is 11.7. The first kappa shape index (κ1) is 14.8. The van der Waals surface area contributed by atoms with Crippen LogP contribution >= 0.6 is 0 Å². The average molecular weight is 267 g/mol. The maximum atomic E-state index is 11.7. The average Bonchev–Trinajstić information content (AvgIpc) is 3.09. The Balaban J connectivity index is 1.86. The van der Waals surface area contributed by atoms with Gasteiger partial charge in [-0.15, -0.1) is 0 Å². The quantitative estimate of drug-likeness (QED) is 0.766. The number of amides is 1. The maximum Gasteiger partial charge on any atom is 0.237 e. The van der Waals surface area contributed by atoms with Gasteiger partial charge < -0.3 is 16.0 Å². The van der Waals surface area contributed by atoms with Crippen LogP contribution in [0.4, 0.5) is 0 Å². The second kappa shape index (κ2) is 5.41. The van der Waals surface area contributed by atoms with E-state index in [4.69, 9.17) is 5.73 Å². The highest BCUT2D eigenvalue weighted by Crippen LogP contribution is 2.29. The summed E-state index contributed by atoms with van der Waals surface area (Å²) in [5.41, 5.74) is 5.47. The van der Waals surface area contributed by atoms with E-state index < -0.39 is 5.54 Å². The molecule has 0 bridgehead atoms. The molecule has 1 aliphatic carbocycles. The molecule has 1 aliphatic heterocycles. The first-order valence-corrected chi connectivity index (χ1v) is 7.61. The van der Waals surface area contributed by atoms with Gasteiger partial charge >= 0.3 is 0 Å². The lowest BCUT2D eigenvalue weighted by Gasteiger charge is -2.39. The number of nitrogens with zero attached hydrogens (tertiary/aromatic N) is 1. The molecular weight excluding hydrogens is 238 g/mol. The number of carbonyl (C=O) groups is 1. The van der Waals surface area contributed by atoms with Crippen LogP contribution in [0, 0.1) is 5.41 Å². The van der Waals surface area contributed by atoms with E-state index in [1.807, 2.05) is 6.92 Å². The van der Waals surface area contributed by atoms with Gasteiger partial charge in [0.15, 0.2) is 0 Å². The number of likely N-dealkylation sites (tertiary alicyclic amines) is 1. The highest BCUT2D eigenvalue weighted by molar-refractivity contribution is 5.84. The zero-order valence-electron chi connectivity index (χ0n) is 12.7. The van der Waals surface area contributed by atoms with Crippen LogP contribution in [0.15, 0.2) is 0 Å². The third-order valence-corrected chi connectivity index (χ3v) is 4.55. The zero-order valence-corrected chi connectivity index (χ0v) is 12.7. The molecule has 2 aliphatic rings. The molecule has 1 atom stereocenters. The molecule has 0 radical (unpaired) electrons. The van der Waals surface area contributed by atoms with Gasteiger partial charge in [-0.2, -0.15) is 0 Å². The van der Waals surface area contributed by atoms with Gasteiger partial charge in [0.2, 0.25) is 5.91 Å². The molecule has 2 fully saturated rings. The highest BCUT2D eigenvalue weighted by atomic mass is 16.1. The van der Waals surface area contributed by atoms with Gasteiger partial charge in [-0.3, -0.25) is 4.79 Å². The van der Waals surface area contributed by atoms with Gasteiger partial charge in [0.1, 0.15) is 0 Å². The number of carbonyl (C=O) groups excluding carboxylic acids is 1. The Labute approximate surface area is 117 Å². The molecule has 1 amide bonds. The Bertz CT molecular complexity index is 338. The van der Waals surface area contributed by atoms with Crippen molar-refractivity contribution in [3.05, 3.63) is 0 Å². The van der Waals surface area contributed by atoms with Crippen molar-refractivity contribution in [2.24, 2.45) is 11.1 Å². The standard InChI is InChI=1S/C15H29N3O/c1-14(2)7-4-9-18(11-14)10-8-15(3,13(16)19)17-12-5-6-12/h12,17H,4-11H2,1-3H3,(H2,16,19). The van der Waals surface area contributed by atoms with Crippen LogP contribution in [-0.2, 0) is 4.79 Å². The molecule has 4 nitrogen and oxygen atoms in total. The fourth-order valence-corrected chi connectivity index (χ4v) is 3.06. The summed E-state index contributed by atoms with van der Waals surface area (Å²) >= 11 is 0. The fourth-order valence-electron chi connectivity index (χ4n) is 3.06. The lowest BCUT2D eigenvalue weighted by Crippen LogP contribution is -2.56. The molecule has 0 aromatic rings.